The smallest absolute Gasteiger partial charge is 0.407 e. The number of aromatic nitrogens is 1. The first-order valence-electron chi connectivity index (χ1n) is 17.5. The van der Waals surface area contributed by atoms with Crippen molar-refractivity contribution in [3.63, 3.8) is 0 Å². The van der Waals surface area contributed by atoms with Crippen LogP contribution in [0.3, 0.4) is 0 Å². The predicted octanol–water partition coefficient (Wildman–Crippen LogP) is 9.92. The van der Waals surface area contributed by atoms with Crippen LogP contribution in [0, 0.1) is 0 Å². The highest BCUT2D eigenvalue weighted by molar-refractivity contribution is 7.99. The third-order valence-corrected chi connectivity index (χ3v) is 9.87. The van der Waals surface area contributed by atoms with E-state index in [1.807, 2.05) is 121 Å². The average Bonchev–Trinajstić information content (AvgIpc) is 3.66. The van der Waals surface area contributed by atoms with Crippen molar-refractivity contribution in [2.75, 3.05) is 12.4 Å². The Hall–Kier alpha value is -5.45. The molecule has 8 nitrogen and oxygen atoms in total. The normalized spacial score (nSPS) is 16.9. The van der Waals surface area contributed by atoms with Gasteiger partial charge in [-0.15, -0.1) is 0 Å². The number of carbonyl (C=O) groups excluding carboxylic acids is 1. The topological polar surface area (TPSA) is 103 Å². The van der Waals surface area contributed by atoms with Crippen molar-refractivity contribution in [1.82, 2.24) is 10.3 Å². The van der Waals surface area contributed by atoms with Crippen molar-refractivity contribution in [3.8, 4) is 33.7 Å². The molecule has 2 N–H and O–H groups in total. The number of ether oxygens (including phenoxy) is 3. The number of rotatable bonds is 13. The van der Waals surface area contributed by atoms with E-state index in [1.165, 1.54) is 17.8 Å². The first kappa shape index (κ1) is 35.9. The molecule has 0 bridgehead atoms. The third kappa shape index (κ3) is 9.14. The molecule has 2 heterocycles. The maximum atomic E-state index is 11.9. The Morgan fingerprint density at radius 3 is 2.23 bits per heavy atom. The van der Waals surface area contributed by atoms with Crippen LogP contribution in [-0.2, 0) is 27.4 Å². The molecule has 1 aromatic heterocycles. The van der Waals surface area contributed by atoms with Gasteiger partial charge in [-0.05, 0) is 33.9 Å². The van der Waals surface area contributed by atoms with E-state index in [4.69, 9.17) is 23.6 Å². The summed E-state index contributed by atoms with van der Waals surface area (Å²) in [5.74, 6) is 1.34. The van der Waals surface area contributed by atoms with Gasteiger partial charge in [0.15, 0.2) is 12.1 Å². The van der Waals surface area contributed by atoms with E-state index in [9.17, 15) is 9.90 Å². The number of hydrogen-bond acceptors (Lipinski definition) is 8. The Morgan fingerprint density at radius 1 is 0.811 bits per heavy atom. The Bertz CT molecular complexity index is 2050. The van der Waals surface area contributed by atoms with Crippen LogP contribution in [0.5, 0.6) is 0 Å². The van der Waals surface area contributed by atoms with Crippen LogP contribution in [0.2, 0.25) is 0 Å². The summed E-state index contributed by atoms with van der Waals surface area (Å²) in [6, 6.07) is 44.2. The molecular weight excluding hydrogens is 685 g/mol. The van der Waals surface area contributed by atoms with Gasteiger partial charge in [0.25, 0.3) is 5.22 Å². The second-order valence-electron chi connectivity index (χ2n) is 12.6. The lowest BCUT2D eigenvalue weighted by Gasteiger charge is -2.36. The molecule has 0 saturated carbocycles. The molecule has 5 aromatic carbocycles. The minimum Gasteiger partial charge on any atom is -0.445 e. The summed E-state index contributed by atoms with van der Waals surface area (Å²) in [6.07, 6.45) is 0.685. The first-order chi connectivity index (χ1) is 26.1. The highest BCUT2D eigenvalue weighted by Gasteiger charge is 2.33. The number of hydrogen-bond donors (Lipinski definition) is 2. The van der Waals surface area contributed by atoms with E-state index >= 15 is 0 Å². The standard InChI is InChI=1S/C44H40N2O6S/c1-2-24-49-43(48)45-27-31-10-9-15-37(25-31)32-20-22-36(23-21-32)42-50-38(26-39(51-42)33-18-16-30(28-47)17-19-33)29-53-44-46-40(34-11-5-3-6-12-34)41(52-44)35-13-7-4-8-14-35/h2-23,25,38-39,42,47H,1,24,26-29H2,(H,45,48)/t38-,39+,42+/m0/s1. The van der Waals surface area contributed by atoms with Gasteiger partial charge in [0.1, 0.15) is 12.3 Å². The molecule has 0 aliphatic carbocycles. The molecule has 1 aliphatic heterocycles. The molecule has 268 valence electrons. The van der Waals surface area contributed by atoms with Crippen LogP contribution >= 0.6 is 11.8 Å². The number of oxazole rings is 1. The first-order valence-corrected chi connectivity index (χ1v) is 18.5. The van der Waals surface area contributed by atoms with E-state index in [-0.39, 0.29) is 25.4 Å². The zero-order valence-corrected chi connectivity index (χ0v) is 29.9. The highest BCUT2D eigenvalue weighted by atomic mass is 32.2. The molecule has 6 aromatic rings. The Labute approximate surface area is 313 Å². The molecule has 0 spiro atoms. The van der Waals surface area contributed by atoms with Gasteiger partial charge in [-0.3, -0.25) is 0 Å². The lowest BCUT2D eigenvalue weighted by atomic mass is 9.99. The molecule has 7 rings (SSSR count). The van der Waals surface area contributed by atoms with Crippen molar-refractivity contribution in [2.45, 2.75) is 43.3 Å². The molecule has 1 amide bonds. The second-order valence-corrected chi connectivity index (χ2v) is 13.6. The Kier molecular flexibility index (Phi) is 11.8. The van der Waals surface area contributed by atoms with E-state index in [1.54, 1.807) is 0 Å². The SMILES string of the molecule is C=CCOC(=O)NCc1cccc(-c2ccc([C@@H]3O[C@H](CSc4nc(-c5ccccc5)c(-c5ccccc5)o4)C[C@H](c4ccc(CO)cc4)O3)cc2)c1. The summed E-state index contributed by atoms with van der Waals surface area (Å²) in [4.78, 5) is 16.8. The number of amides is 1. The van der Waals surface area contributed by atoms with Crippen molar-refractivity contribution >= 4 is 17.9 Å². The van der Waals surface area contributed by atoms with Gasteiger partial charge in [-0.25, -0.2) is 9.78 Å². The van der Waals surface area contributed by atoms with Crippen molar-refractivity contribution in [3.05, 3.63) is 168 Å². The van der Waals surface area contributed by atoms with Crippen molar-refractivity contribution in [1.29, 1.82) is 0 Å². The van der Waals surface area contributed by atoms with Gasteiger partial charge < -0.3 is 29.1 Å². The van der Waals surface area contributed by atoms with Gasteiger partial charge in [0, 0.05) is 35.4 Å². The molecule has 0 radical (unpaired) electrons. The number of benzene rings is 5. The summed E-state index contributed by atoms with van der Waals surface area (Å²) < 4.78 is 24.7. The molecule has 9 heteroatoms. The maximum Gasteiger partial charge on any atom is 0.407 e. The van der Waals surface area contributed by atoms with Crippen LogP contribution in [0.1, 0.15) is 41.1 Å². The van der Waals surface area contributed by atoms with Crippen LogP contribution in [0.15, 0.2) is 156 Å². The van der Waals surface area contributed by atoms with E-state index < -0.39 is 12.4 Å². The fourth-order valence-corrected chi connectivity index (χ4v) is 7.02. The zero-order chi connectivity index (χ0) is 36.4. The third-order valence-electron chi connectivity index (χ3n) is 8.91. The van der Waals surface area contributed by atoms with Gasteiger partial charge in [-0.2, -0.15) is 0 Å². The van der Waals surface area contributed by atoms with Gasteiger partial charge in [0.2, 0.25) is 0 Å². The number of aliphatic hydroxyl groups is 1. The number of alkyl carbamates (subject to hydrolysis) is 1. The summed E-state index contributed by atoms with van der Waals surface area (Å²) in [5.41, 5.74) is 8.53. The number of nitrogens with zero attached hydrogens (tertiary/aromatic N) is 1. The molecular formula is C44H40N2O6S. The average molecular weight is 725 g/mol. The summed E-state index contributed by atoms with van der Waals surface area (Å²) in [5, 5.41) is 13.0. The van der Waals surface area contributed by atoms with Gasteiger partial charge in [0.05, 0.1) is 18.8 Å². The number of carbonyl (C=O) groups is 1. The van der Waals surface area contributed by atoms with Crippen LogP contribution < -0.4 is 5.32 Å². The Balaban J connectivity index is 1.09. The molecule has 0 unspecified atom stereocenters. The van der Waals surface area contributed by atoms with E-state index in [2.05, 4.69) is 24.0 Å². The fourth-order valence-electron chi connectivity index (χ4n) is 6.18. The number of aliphatic hydroxyl groups excluding tert-OH is 1. The van der Waals surface area contributed by atoms with Gasteiger partial charge >= 0.3 is 6.09 Å². The number of thioether (sulfide) groups is 1. The Morgan fingerprint density at radius 2 is 1.51 bits per heavy atom. The zero-order valence-electron chi connectivity index (χ0n) is 29.1. The predicted molar refractivity (Wildman–Crippen MR) is 207 cm³/mol. The lowest BCUT2D eigenvalue weighted by Crippen LogP contribution is -2.31. The van der Waals surface area contributed by atoms with Crippen LogP contribution in [-0.4, -0.2) is 34.6 Å². The van der Waals surface area contributed by atoms with E-state index in [0.29, 0.717) is 23.9 Å². The largest absolute Gasteiger partial charge is 0.445 e. The maximum absolute atomic E-state index is 11.9. The highest BCUT2D eigenvalue weighted by Crippen LogP contribution is 2.41. The second kappa shape index (κ2) is 17.4. The number of nitrogens with one attached hydrogen (secondary N) is 1. The lowest BCUT2D eigenvalue weighted by molar-refractivity contribution is -0.245. The fraction of sp³-hybridized carbons (Fsp3) is 0.182. The van der Waals surface area contributed by atoms with Crippen molar-refractivity contribution in [2.24, 2.45) is 0 Å². The van der Waals surface area contributed by atoms with E-state index in [0.717, 1.165) is 56.0 Å². The van der Waals surface area contributed by atoms with Crippen LogP contribution in [0.4, 0.5) is 4.79 Å². The molecule has 1 aliphatic rings. The summed E-state index contributed by atoms with van der Waals surface area (Å²) in [6.45, 7) is 4.06. The van der Waals surface area contributed by atoms with Crippen molar-refractivity contribution < 1.29 is 28.5 Å². The minimum absolute atomic E-state index is 0.0169. The molecule has 1 fully saturated rings. The quantitative estimate of drug-likeness (QED) is 0.0897. The monoisotopic (exact) mass is 724 g/mol. The summed E-state index contributed by atoms with van der Waals surface area (Å²) >= 11 is 1.53. The minimum atomic E-state index is -0.604. The molecule has 1 saturated heterocycles. The van der Waals surface area contributed by atoms with Crippen LogP contribution in [0.25, 0.3) is 33.7 Å². The molecule has 3 atom stereocenters. The van der Waals surface area contributed by atoms with Gasteiger partial charge in [-0.1, -0.05) is 152 Å². The summed E-state index contributed by atoms with van der Waals surface area (Å²) in [7, 11) is 0. The molecule has 53 heavy (non-hydrogen) atoms.